The molecule has 0 aromatic rings. The zero-order valence-electron chi connectivity index (χ0n) is 6.76. The number of carbonyl (C=O) groups excluding carboxylic acids is 1. The first kappa shape index (κ1) is 9.63. The summed E-state index contributed by atoms with van der Waals surface area (Å²) in [6.45, 7) is 4.05. The molecule has 0 aliphatic carbocycles. The Kier molecular flexibility index (Phi) is 5.22. The van der Waals surface area contributed by atoms with Crippen molar-refractivity contribution in [2.24, 2.45) is 5.92 Å². The van der Waals surface area contributed by atoms with E-state index in [9.17, 15) is 4.79 Å². The average Bonchev–Trinajstić information content (AvgIpc) is 1.88. The van der Waals surface area contributed by atoms with Crippen LogP contribution in [0, 0.1) is 5.92 Å². The molecule has 0 fully saturated rings. The number of ketones is 1. The van der Waals surface area contributed by atoms with Crippen molar-refractivity contribution in [3.8, 4) is 0 Å². The van der Waals surface area contributed by atoms with Crippen LogP contribution in [0.1, 0.15) is 33.1 Å². The summed E-state index contributed by atoms with van der Waals surface area (Å²) in [7, 11) is 0. The van der Waals surface area contributed by atoms with E-state index in [1.807, 2.05) is 13.8 Å². The third kappa shape index (κ3) is 4.50. The predicted octanol–water partition coefficient (Wildman–Crippen LogP) is 1.37. The fraction of sp³-hybridized carbons (Fsp3) is 0.875. The van der Waals surface area contributed by atoms with Gasteiger partial charge in [0.25, 0.3) is 0 Å². The third-order valence-corrected chi connectivity index (χ3v) is 1.59. The van der Waals surface area contributed by atoms with Gasteiger partial charge < -0.3 is 5.11 Å². The van der Waals surface area contributed by atoms with Crippen LogP contribution in [0.3, 0.4) is 0 Å². The first-order chi connectivity index (χ1) is 4.70. The highest BCUT2D eigenvalue weighted by Crippen LogP contribution is 2.07. The smallest absolute Gasteiger partial charge is 0.132 e. The van der Waals surface area contributed by atoms with E-state index in [4.69, 9.17) is 5.11 Å². The van der Waals surface area contributed by atoms with Crippen LogP contribution in [0.4, 0.5) is 0 Å². The molecule has 0 radical (unpaired) electrons. The fourth-order valence-corrected chi connectivity index (χ4v) is 0.855. The van der Waals surface area contributed by atoms with Crippen molar-refractivity contribution >= 4 is 5.78 Å². The standard InChI is InChI=1S/C8H16O2/c1-3-8(10)6-7(2)4-5-9/h7,9H,3-6H2,1-2H3. The molecule has 0 spiro atoms. The van der Waals surface area contributed by atoms with Crippen molar-refractivity contribution in [2.45, 2.75) is 33.1 Å². The van der Waals surface area contributed by atoms with Crippen molar-refractivity contribution < 1.29 is 9.90 Å². The van der Waals surface area contributed by atoms with E-state index in [1.165, 1.54) is 0 Å². The second-order valence-corrected chi connectivity index (χ2v) is 2.71. The molecule has 0 aliphatic rings. The lowest BCUT2D eigenvalue weighted by molar-refractivity contribution is -0.119. The highest BCUT2D eigenvalue weighted by molar-refractivity contribution is 5.78. The molecule has 2 nitrogen and oxygen atoms in total. The monoisotopic (exact) mass is 144 g/mol. The van der Waals surface area contributed by atoms with Crippen LogP contribution < -0.4 is 0 Å². The molecule has 10 heavy (non-hydrogen) atoms. The molecule has 0 rings (SSSR count). The summed E-state index contributed by atoms with van der Waals surface area (Å²) < 4.78 is 0. The first-order valence-corrected chi connectivity index (χ1v) is 3.83. The minimum atomic E-state index is 0.193. The van der Waals surface area contributed by atoms with Crippen LogP contribution in [0.5, 0.6) is 0 Å². The Morgan fingerprint density at radius 1 is 1.60 bits per heavy atom. The summed E-state index contributed by atoms with van der Waals surface area (Å²) in [4.78, 5) is 10.8. The molecule has 0 amide bonds. The van der Waals surface area contributed by atoms with Crippen molar-refractivity contribution in [1.29, 1.82) is 0 Å². The number of aliphatic hydroxyl groups excluding tert-OH is 1. The molecule has 0 aromatic carbocycles. The van der Waals surface area contributed by atoms with Gasteiger partial charge in [-0.3, -0.25) is 4.79 Å². The largest absolute Gasteiger partial charge is 0.396 e. The lowest BCUT2D eigenvalue weighted by atomic mass is 10.0. The maximum Gasteiger partial charge on any atom is 0.132 e. The zero-order valence-corrected chi connectivity index (χ0v) is 6.76. The van der Waals surface area contributed by atoms with E-state index in [-0.39, 0.29) is 6.61 Å². The molecule has 2 heteroatoms. The van der Waals surface area contributed by atoms with Crippen LogP contribution in [-0.4, -0.2) is 17.5 Å². The minimum Gasteiger partial charge on any atom is -0.396 e. The molecule has 0 bridgehead atoms. The topological polar surface area (TPSA) is 37.3 Å². The summed E-state index contributed by atoms with van der Waals surface area (Å²) in [6, 6.07) is 0. The van der Waals surface area contributed by atoms with Crippen LogP contribution in [-0.2, 0) is 4.79 Å². The van der Waals surface area contributed by atoms with E-state index in [0.717, 1.165) is 6.42 Å². The number of carbonyl (C=O) groups is 1. The second-order valence-electron chi connectivity index (χ2n) is 2.71. The van der Waals surface area contributed by atoms with Crippen molar-refractivity contribution in [1.82, 2.24) is 0 Å². The van der Waals surface area contributed by atoms with Crippen molar-refractivity contribution in [3.63, 3.8) is 0 Å². The number of aliphatic hydroxyl groups is 1. The Morgan fingerprint density at radius 2 is 2.20 bits per heavy atom. The molecule has 0 aromatic heterocycles. The van der Waals surface area contributed by atoms with Gasteiger partial charge >= 0.3 is 0 Å². The lowest BCUT2D eigenvalue weighted by Crippen LogP contribution is -2.05. The van der Waals surface area contributed by atoms with Gasteiger partial charge in [-0.05, 0) is 12.3 Å². The zero-order chi connectivity index (χ0) is 7.98. The molecule has 1 N–H and O–H groups in total. The Labute approximate surface area is 62.2 Å². The molecular weight excluding hydrogens is 128 g/mol. The Morgan fingerprint density at radius 3 is 2.60 bits per heavy atom. The Balaban J connectivity index is 3.37. The number of hydrogen-bond donors (Lipinski definition) is 1. The maximum atomic E-state index is 10.8. The van der Waals surface area contributed by atoms with Gasteiger partial charge in [0.05, 0.1) is 0 Å². The van der Waals surface area contributed by atoms with Crippen LogP contribution >= 0.6 is 0 Å². The van der Waals surface area contributed by atoms with Crippen molar-refractivity contribution in [3.05, 3.63) is 0 Å². The maximum absolute atomic E-state index is 10.8. The normalized spacial score (nSPS) is 13.1. The lowest BCUT2D eigenvalue weighted by Gasteiger charge is -2.06. The average molecular weight is 144 g/mol. The van der Waals surface area contributed by atoms with Crippen LogP contribution in [0.15, 0.2) is 0 Å². The van der Waals surface area contributed by atoms with Gasteiger partial charge in [0.1, 0.15) is 5.78 Å². The van der Waals surface area contributed by atoms with Gasteiger partial charge in [0, 0.05) is 19.4 Å². The molecule has 60 valence electrons. The van der Waals surface area contributed by atoms with Gasteiger partial charge in [0.2, 0.25) is 0 Å². The van der Waals surface area contributed by atoms with Gasteiger partial charge in [-0.15, -0.1) is 0 Å². The number of rotatable bonds is 5. The predicted molar refractivity (Wildman–Crippen MR) is 40.8 cm³/mol. The summed E-state index contributed by atoms with van der Waals surface area (Å²) in [5.41, 5.74) is 0. The summed E-state index contributed by atoms with van der Waals surface area (Å²) in [5.74, 6) is 0.637. The summed E-state index contributed by atoms with van der Waals surface area (Å²) in [6.07, 6.45) is 1.98. The highest BCUT2D eigenvalue weighted by Gasteiger charge is 2.05. The Bertz CT molecular complexity index is 99.4. The summed E-state index contributed by atoms with van der Waals surface area (Å²) >= 11 is 0. The van der Waals surface area contributed by atoms with Crippen LogP contribution in [0.2, 0.25) is 0 Å². The molecule has 0 aliphatic heterocycles. The molecule has 1 atom stereocenters. The molecular formula is C8H16O2. The van der Waals surface area contributed by atoms with E-state index in [0.29, 0.717) is 24.5 Å². The van der Waals surface area contributed by atoms with Gasteiger partial charge in [0.15, 0.2) is 0 Å². The second kappa shape index (κ2) is 5.42. The van der Waals surface area contributed by atoms with Crippen molar-refractivity contribution in [2.75, 3.05) is 6.61 Å². The minimum absolute atomic E-state index is 0.193. The molecule has 0 saturated carbocycles. The fourth-order valence-electron chi connectivity index (χ4n) is 0.855. The SMILES string of the molecule is CCC(=O)CC(C)CCO. The quantitative estimate of drug-likeness (QED) is 0.632. The number of Topliss-reactive ketones (excluding diaryl/α,β-unsaturated/α-hetero) is 1. The van der Waals surface area contributed by atoms with E-state index >= 15 is 0 Å². The highest BCUT2D eigenvalue weighted by atomic mass is 16.3. The van der Waals surface area contributed by atoms with Gasteiger partial charge in [-0.2, -0.15) is 0 Å². The third-order valence-electron chi connectivity index (χ3n) is 1.59. The molecule has 1 unspecified atom stereocenters. The van der Waals surface area contributed by atoms with E-state index in [1.54, 1.807) is 0 Å². The molecule has 0 saturated heterocycles. The summed E-state index contributed by atoms with van der Waals surface area (Å²) in [5, 5.41) is 8.51. The van der Waals surface area contributed by atoms with E-state index < -0.39 is 0 Å². The number of hydrogen-bond acceptors (Lipinski definition) is 2. The van der Waals surface area contributed by atoms with Crippen LogP contribution in [0.25, 0.3) is 0 Å². The molecule has 0 heterocycles. The van der Waals surface area contributed by atoms with Gasteiger partial charge in [-0.25, -0.2) is 0 Å². The van der Waals surface area contributed by atoms with Gasteiger partial charge in [-0.1, -0.05) is 13.8 Å². The Hall–Kier alpha value is -0.370. The van der Waals surface area contributed by atoms with E-state index in [2.05, 4.69) is 0 Å². The first-order valence-electron chi connectivity index (χ1n) is 3.83.